The molecule has 0 amide bonds. The monoisotopic (exact) mass is 412 g/mol. The molecular formula is C21H11F3N2O2S. The lowest BCUT2D eigenvalue weighted by atomic mass is 10.0. The number of halogens is 3. The van der Waals surface area contributed by atoms with Crippen molar-refractivity contribution in [3.63, 3.8) is 0 Å². The van der Waals surface area contributed by atoms with Crippen molar-refractivity contribution in [1.29, 1.82) is 5.26 Å². The molecule has 0 aliphatic rings. The third-order valence-electron chi connectivity index (χ3n) is 4.29. The van der Waals surface area contributed by atoms with Gasteiger partial charge in [-0.1, -0.05) is 18.2 Å². The SMILES string of the molecule is N#Cc1ccc2c(c1)c(-c1ccsc1C(F)(F)F)cn2C(=O)Oc1ccccc1. The molecular weight excluding hydrogens is 401 g/mol. The summed E-state index contributed by atoms with van der Waals surface area (Å²) in [5, 5.41) is 10.9. The molecule has 0 fully saturated rings. The third kappa shape index (κ3) is 3.48. The molecule has 0 bridgehead atoms. The topological polar surface area (TPSA) is 55.0 Å². The summed E-state index contributed by atoms with van der Waals surface area (Å²) in [6, 6.07) is 16.2. The standard InChI is InChI=1S/C21H11F3N2O2S/c22-21(23,24)19-15(8-9-29-19)17-12-26(18-7-6-13(11-25)10-16(17)18)20(27)28-14-4-2-1-3-5-14/h1-10,12H. The molecule has 0 N–H and O–H groups in total. The van der Waals surface area contributed by atoms with Gasteiger partial charge in [-0.2, -0.15) is 18.4 Å². The maximum atomic E-state index is 13.4. The van der Waals surface area contributed by atoms with Crippen LogP contribution in [0.5, 0.6) is 5.75 Å². The molecule has 0 unspecified atom stereocenters. The Morgan fingerprint density at radius 1 is 1.07 bits per heavy atom. The number of alkyl halides is 3. The normalized spacial score (nSPS) is 11.4. The number of para-hydroxylation sites is 1. The Balaban J connectivity index is 1.89. The summed E-state index contributed by atoms with van der Waals surface area (Å²) in [4.78, 5) is 11.9. The van der Waals surface area contributed by atoms with Crippen LogP contribution in [0.2, 0.25) is 0 Å². The van der Waals surface area contributed by atoms with Gasteiger partial charge in [0, 0.05) is 22.7 Å². The van der Waals surface area contributed by atoms with E-state index in [9.17, 15) is 23.2 Å². The molecule has 2 aromatic heterocycles. The number of nitrogens with zero attached hydrogens (tertiary/aromatic N) is 2. The van der Waals surface area contributed by atoms with Crippen LogP contribution in [0.1, 0.15) is 10.4 Å². The van der Waals surface area contributed by atoms with Crippen LogP contribution in [0.4, 0.5) is 18.0 Å². The van der Waals surface area contributed by atoms with Crippen molar-refractivity contribution >= 4 is 28.3 Å². The number of carbonyl (C=O) groups excluding carboxylic acids is 1. The lowest BCUT2D eigenvalue weighted by molar-refractivity contribution is -0.133. The summed E-state index contributed by atoms with van der Waals surface area (Å²) in [5.41, 5.74) is 0.778. The van der Waals surface area contributed by atoms with Gasteiger partial charge >= 0.3 is 12.3 Å². The Bertz CT molecular complexity index is 1250. The number of fused-ring (bicyclic) bond motifs is 1. The van der Waals surface area contributed by atoms with E-state index in [0.29, 0.717) is 28.0 Å². The highest BCUT2D eigenvalue weighted by Crippen LogP contribution is 2.43. The fraction of sp³-hybridized carbons (Fsp3) is 0.0476. The lowest BCUT2D eigenvalue weighted by Gasteiger charge is -2.07. The maximum absolute atomic E-state index is 13.4. The van der Waals surface area contributed by atoms with Crippen LogP contribution in [0.3, 0.4) is 0 Å². The van der Waals surface area contributed by atoms with Gasteiger partial charge in [-0.15, -0.1) is 11.3 Å². The summed E-state index contributed by atoms with van der Waals surface area (Å²) < 4.78 is 46.8. The first-order chi connectivity index (χ1) is 13.9. The lowest BCUT2D eigenvalue weighted by Crippen LogP contribution is -2.15. The highest BCUT2D eigenvalue weighted by Gasteiger charge is 2.36. The predicted octanol–water partition coefficient (Wildman–Crippen LogP) is 6.31. The van der Waals surface area contributed by atoms with Gasteiger partial charge in [-0.25, -0.2) is 4.79 Å². The van der Waals surface area contributed by atoms with Crippen LogP contribution < -0.4 is 4.74 Å². The van der Waals surface area contributed by atoms with Crippen molar-refractivity contribution in [1.82, 2.24) is 4.57 Å². The number of thiophene rings is 1. The highest BCUT2D eigenvalue weighted by molar-refractivity contribution is 7.10. The largest absolute Gasteiger partial charge is 0.426 e. The zero-order chi connectivity index (χ0) is 20.6. The van der Waals surface area contributed by atoms with E-state index < -0.39 is 17.1 Å². The van der Waals surface area contributed by atoms with Gasteiger partial charge in [0.2, 0.25) is 0 Å². The van der Waals surface area contributed by atoms with Gasteiger partial charge in [0.05, 0.1) is 17.1 Å². The number of hydrogen-bond acceptors (Lipinski definition) is 4. The molecule has 0 spiro atoms. The van der Waals surface area contributed by atoms with E-state index in [1.54, 1.807) is 30.3 Å². The molecule has 144 valence electrons. The number of nitriles is 1. The summed E-state index contributed by atoms with van der Waals surface area (Å²) in [6.45, 7) is 0. The number of benzene rings is 2. The van der Waals surface area contributed by atoms with Gasteiger partial charge in [0.25, 0.3) is 0 Å². The molecule has 4 rings (SSSR count). The summed E-state index contributed by atoms with van der Waals surface area (Å²) in [7, 11) is 0. The number of hydrogen-bond donors (Lipinski definition) is 0. The third-order valence-corrected chi connectivity index (χ3v) is 5.25. The number of aromatic nitrogens is 1. The van der Waals surface area contributed by atoms with Crippen LogP contribution in [0.25, 0.3) is 22.0 Å². The number of rotatable bonds is 2. The smallest absolute Gasteiger partial charge is 0.410 e. The van der Waals surface area contributed by atoms with Crippen LogP contribution in [-0.4, -0.2) is 10.7 Å². The highest BCUT2D eigenvalue weighted by atomic mass is 32.1. The molecule has 0 saturated carbocycles. The van der Waals surface area contributed by atoms with Crippen molar-refractivity contribution in [3.8, 4) is 22.9 Å². The molecule has 0 radical (unpaired) electrons. The first kappa shape index (κ1) is 18.8. The summed E-state index contributed by atoms with van der Waals surface area (Å²) in [5.74, 6) is 0.307. The molecule has 4 aromatic rings. The molecule has 2 heterocycles. The van der Waals surface area contributed by atoms with Crippen molar-refractivity contribution < 1.29 is 22.7 Å². The number of carbonyl (C=O) groups is 1. The van der Waals surface area contributed by atoms with Gasteiger partial charge in [-0.3, -0.25) is 4.57 Å². The second-order valence-corrected chi connectivity index (χ2v) is 7.01. The molecule has 8 heteroatoms. The van der Waals surface area contributed by atoms with Gasteiger partial charge < -0.3 is 4.74 Å². The Morgan fingerprint density at radius 3 is 2.52 bits per heavy atom. The molecule has 2 aromatic carbocycles. The predicted molar refractivity (Wildman–Crippen MR) is 103 cm³/mol. The Labute approximate surface area is 167 Å². The Hall–Kier alpha value is -3.57. The van der Waals surface area contributed by atoms with Crippen LogP contribution in [-0.2, 0) is 6.18 Å². The summed E-state index contributed by atoms with van der Waals surface area (Å²) >= 11 is 0.575. The van der Waals surface area contributed by atoms with Crippen LogP contribution in [0.15, 0.2) is 66.2 Å². The fourth-order valence-corrected chi connectivity index (χ4v) is 3.82. The van der Waals surface area contributed by atoms with E-state index in [1.165, 1.54) is 35.8 Å². The van der Waals surface area contributed by atoms with Gasteiger partial charge in [0.1, 0.15) is 10.6 Å². The zero-order valence-electron chi connectivity index (χ0n) is 14.6. The van der Waals surface area contributed by atoms with Crippen LogP contribution in [0, 0.1) is 11.3 Å². The minimum absolute atomic E-state index is 0.0474. The second-order valence-electron chi connectivity index (χ2n) is 6.10. The van der Waals surface area contributed by atoms with Gasteiger partial charge in [-0.05, 0) is 41.8 Å². The summed E-state index contributed by atoms with van der Waals surface area (Å²) in [6.07, 6.45) is -3.98. The van der Waals surface area contributed by atoms with E-state index in [2.05, 4.69) is 0 Å². The first-order valence-corrected chi connectivity index (χ1v) is 9.24. The zero-order valence-corrected chi connectivity index (χ0v) is 15.4. The molecule has 29 heavy (non-hydrogen) atoms. The molecule has 0 aliphatic heterocycles. The average molecular weight is 412 g/mol. The molecule has 4 nitrogen and oxygen atoms in total. The average Bonchev–Trinajstić information content (AvgIpc) is 3.32. The van der Waals surface area contributed by atoms with E-state index >= 15 is 0 Å². The van der Waals surface area contributed by atoms with Crippen molar-refractivity contribution in [2.45, 2.75) is 6.18 Å². The number of ether oxygens (including phenoxy) is 1. The molecule has 0 aliphatic carbocycles. The Kier molecular flexibility index (Phi) is 4.60. The minimum atomic E-state index is -4.53. The van der Waals surface area contributed by atoms with Crippen molar-refractivity contribution in [2.24, 2.45) is 0 Å². The fourth-order valence-electron chi connectivity index (χ4n) is 3.04. The van der Waals surface area contributed by atoms with E-state index in [0.717, 1.165) is 4.57 Å². The minimum Gasteiger partial charge on any atom is -0.410 e. The first-order valence-electron chi connectivity index (χ1n) is 8.36. The van der Waals surface area contributed by atoms with E-state index in [1.807, 2.05) is 6.07 Å². The second kappa shape index (κ2) is 7.11. The molecule has 0 atom stereocenters. The maximum Gasteiger partial charge on any atom is 0.426 e. The van der Waals surface area contributed by atoms with E-state index in [4.69, 9.17) is 4.74 Å². The molecule has 0 saturated heterocycles. The van der Waals surface area contributed by atoms with Gasteiger partial charge in [0.15, 0.2) is 0 Å². The quantitative estimate of drug-likeness (QED) is 0.388. The van der Waals surface area contributed by atoms with Crippen molar-refractivity contribution in [2.75, 3.05) is 0 Å². The Morgan fingerprint density at radius 2 is 1.83 bits per heavy atom. The van der Waals surface area contributed by atoms with E-state index in [-0.39, 0.29) is 16.7 Å². The van der Waals surface area contributed by atoms with Crippen LogP contribution >= 0.6 is 11.3 Å². The van der Waals surface area contributed by atoms with Crippen molar-refractivity contribution in [3.05, 3.63) is 76.6 Å².